The van der Waals surface area contributed by atoms with Crippen LogP contribution in [-0.2, 0) is 4.43 Å². The standard InChI is InChI=1S/C18H32O2Si/c1-7-13-11-16(13)17(19)15-10-8-9-14(15)12-20-21(5,6)18(2,3)4/h7-9,13-17,19H,1,10-12H2,2-6H3/t13-,14-,15+,16+,17+/m0/s1. The molecule has 0 saturated heterocycles. The van der Waals surface area contributed by atoms with Crippen LogP contribution in [0.5, 0.6) is 0 Å². The van der Waals surface area contributed by atoms with Crippen LogP contribution in [0, 0.1) is 23.7 Å². The predicted octanol–water partition coefficient (Wildman–Crippen LogP) is 4.38. The molecule has 0 aromatic heterocycles. The van der Waals surface area contributed by atoms with Gasteiger partial charge in [0.05, 0.1) is 6.10 Å². The molecule has 2 aliphatic rings. The highest BCUT2D eigenvalue weighted by Crippen LogP contribution is 2.47. The Morgan fingerprint density at radius 3 is 2.57 bits per heavy atom. The molecule has 120 valence electrons. The van der Waals surface area contributed by atoms with Crippen LogP contribution in [0.1, 0.15) is 33.6 Å². The number of aliphatic hydroxyl groups is 1. The first-order chi connectivity index (χ1) is 9.67. The van der Waals surface area contributed by atoms with E-state index in [9.17, 15) is 5.11 Å². The molecule has 2 aliphatic carbocycles. The van der Waals surface area contributed by atoms with Crippen molar-refractivity contribution in [1.82, 2.24) is 0 Å². The minimum atomic E-state index is -1.70. The molecule has 0 amide bonds. The third kappa shape index (κ3) is 3.69. The molecule has 0 heterocycles. The summed E-state index contributed by atoms with van der Waals surface area (Å²) >= 11 is 0. The average Bonchev–Trinajstić information content (AvgIpc) is 3.03. The van der Waals surface area contributed by atoms with Crippen molar-refractivity contribution in [1.29, 1.82) is 0 Å². The monoisotopic (exact) mass is 308 g/mol. The van der Waals surface area contributed by atoms with Crippen molar-refractivity contribution in [2.45, 2.75) is 57.8 Å². The average molecular weight is 309 g/mol. The van der Waals surface area contributed by atoms with Gasteiger partial charge in [-0.1, -0.05) is 39.0 Å². The maximum Gasteiger partial charge on any atom is 0.192 e. The zero-order valence-electron chi connectivity index (χ0n) is 14.3. The van der Waals surface area contributed by atoms with Gasteiger partial charge >= 0.3 is 0 Å². The van der Waals surface area contributed by atoms with Gasteiger partial charge < -0.3 is 9.53 Å². The summed E-state index contributed by atoms with van der Waals surface area (Å²) in [4.78, 5) is 0. The number of hydrogen-bond donors (Lipinski definition) is 1. The van der Waals surface area contributed by atoms with Gasteiger partial charge in [-0.2, -0.15) is 0 Å². The quantitative estimate of drug-likeness (QED) is 0.583. The third-order valence-electron chi connectivity index (χ3n) is 5.86. The SMILES string of the molecule is C=C[C@H]1C[C@H]1[C@H](O)[C@@H]1CC=C[C@H]1CO[Si](C)(C)C(C)(C)C. The molecular formula is C18H32O2Si. The van der Waals surface area contributed by atoms with Crippen LogP contribution in [-0.4, -0.2) is 26.1 Å². The van der Waals surface area contributed by atoms with Gasteiger partial charge in [0.15, 0.2) is 8.32 Å². The summed E-state index contributed by atoms with van der Waals surface area (Å²) in [5.74, 6) is 1.68. The van der Waals surface area contributed by atoms with E-state index in [2.05, 4.69) is 52.6 Å². The Hall–Kier alpha value is -0.383. The molecule has 5 atom stereocenters. The van der Waals surface area contributed by atoms with Crippen LogP contribution in [0.3, 0.4) is 0 Å². The molecule has 3 heteroatoms. The van der Waals surface area contributed by atoms with E-state index in [1.165, 1.54) is 0 Å². The summed E-state index contributed by atoms with van der Waals surface area (Å²) in [6, 6.07) is 0. The van der Waals surface area contributed by atoms with Crippen LogP contribution < -0.4 is 0 Å². The fraction of sp³-hybridized carbons (Fsp3) is 0.778. The highest BCUT2D eigenvalue weighted by molar-refractivity contribution is 6.74. The Bertz CT molecular complexity index is 408. The second kappa shape index (κ2) is 6.02. The molecule has 0 radical (unpaired) electrons. The lowest BCUT2D eigenvalue weighted by atomic mass is 9.87. The van der Waals surface area contributed by atoms with E-state index < -0.39 is 8.32 Å². The van der Waals surface area contributed by atoms with Crippen LogP contribution >= 0.6 is 0 Å². The van der Waals surface area contributed by atoms with E-state index in [0.717, 1.165) is 19.4 Å². The number of allylic oxidation sites excluding steroid dienone is 2. The summed E-state index contributed by atoms with van der Waals surface area (Å²) in [6.07, 6.45) is 8.38. The minimum Gasteiger partial charge on any atom is -0.416 e. The fourth-order valence-electron chi connectivity index (χ4n) is 3.04. The Morgan fingerprint density at radius 2 is 2.05 bits per heavy atom. The summed E-state index contributed by atoms with van der Waals surface area (Å²) in [5.41, 5.74) is 0. The van der Waals surface area contributed by atoms with Gasteiger partial charge in [0, 0.05) is 12.5 Å². The van der Waals surface area contributed by atoms with Crippen molar-refractivity contribution in [3.63, 3.8) is 0 Å². The summed E-state index contributed by atoms with van der Waals surface area (Å²) < 4.78 is 6.37. The molecule has 2 rings (SSSR count). The van der Waals surface area contributed by atoms with Gasteiger partial charge in [0.1, 0.15) is 0 Å². The third-order valence-corrected chi connectivity index (χ3v) is 10.4. The maximum absolute atomic E-state index is 10.6. The van der Waals surface area contributed by atoms with Crippen LogP contribution in [0.2, 0.25) is 18.1 Å². The van der Waals surface area contributed by atoms with E-state index in [1.54, 1.807) is 0 Å². The Morgan fingerprint density at radius 1 is 1.38 bits per heavy atom. The second-order valence-electron chi connectivity index (χ2n) is 8.35. The lowest BCUT2D eigenvalue weighted by Crippen LogP contribution is -2.42. The van der Waals surface area contributed by atoms with Crippen LogP contribution in [0.4, 0.5) is 0 Å². The lowest BCUT2D eigenvalue weighted by molar-refractivity contribution is 0.0543. The Kier molecular flexibility index (Phi) is 4.86. The first kappa shape index (κ1) is 17.0. The molecule has 1 fully saturated rings. The Labute approximate surface area is 131 Å². The largest absolute Gasteiger partial charge is 0.416 e. The molecule has 0 aromatic carbocycles. The van der Waals surface area contributed by atoms with Gasteiger partial charge in [-0.3, -0.25) is 0 Å². The van der Waals surface area contributed by atoms with Gasteiger partial charge in [-0.25, -0.2) is 0 Å². The maximum atomic E-state index is 10.6. The predicted molar refractivity (Wildman–Crippen MR) is 91.7 cm³/mol. The zero-order valence-corrected chi connectivity index (χ0v) is 15.3. The second-order valence-corrected chi connectivity index (χ2v) is 13.2. The van der Waals surface area contributed by atoms with Gasteiger partial charge in [0.25, 0.3) is 0 Å². The van der Waals surface area contributed by atoms with E-state index in [1.807, 2.05) is 6.08 Å². The highest BCUT2D eigenvalue weighted by atomic mass is 28.4. The molecule has 2 nitrogen and oxygen atoms in total. The normalized spacial score (nSPS) is 34.0. The summed E-state index contributed by atoms with van der Waals surface area (Å²) in [7, 11) is -1.70. The van der Waals surface area contributed by atoms with E-state index in [-0.39, 0.29) is 11.1 Å². The first-order valence-electron chi connectivity index (χ1n) is 8.28. The molecule has 21 heavy (non-hydrogen) atoms. The molecular weight excluding hydrogens is 276 g/mol. The highest BCUT2D eigenvalue weighted by Gasteiger charge is 2.46. The zero-order chi connectivity index (χ0) is 15.8. The molecule has 0 bridgehead atoms. The molecule has 0 aromatic rings. The number of hydrogen-bond acceptors (Lipinski definition) is 2. The fourth-order valence-corrected chi connectivity index (χ4v) is 4.08. The molecule has 0 aliphatic heterocycles. The minimum absolute atomic E-state index is 0.198. The van der Waals surface area contributed by atoms with Crippen molar-refractivity contribution in [2.75, 3.05) is 6.61 Å². The first-order valence-corrected chi connectivity index (χ1v) is 11.2. The van der Waals surface area contributed by atoms with Crippen molar-refractivity contribution in [3.05, 3.63) is 24.8 Å². The molecule has 0 unspecified atom stereocenters. The van der Waals surface area contributed by atoms with Gasteiger partial charge in [-0.05, 0) is 48.7 Å². The van der Waals surface area contributed by atoms with Gasteiger partial charge in [0.2, 0.25) is 0 Å². The molecule has 1 saturated carbocycles. The smallest absolute Gasteiger partial charge is 0.192 e. The van der Waals surface area contributed by atoms with E-state index in [4.69, 9.17) is 4.43 Å². The number of aliphatic hydroxyl groups excluding tert-OH is 1. The van der Waals surface area contributed by atoms with Crippen LogP contribution in [0.25, 0.3) is 0 Å². The molecule has 1 N–H and O–H groups in total. The summed E-state index contributed by atoms with van der Waals surface area (Å²) in [5, 5.41) is 10.9. The van der Waals surface area contributed by atoms with Crippen molar-refractivity contribution in [2.24, 2.45) is 23.7 Å². The van der Waals surface area contributed by atoms with Crippen molar-refractivity contribution < 1.29 is 9.53 Å². The Balaban J connectivity index is 1.90. The summed E-state index contributed by atoms with van der Waals surface area (Å²) in [6.45, 7) is 16.0. The molecule has 0 spiro atoms. The van der Waals surface area contributed by atoms with E-state index >= 15 is 0 Å². The van der Waals surface area contributed by atoms with Crippen molar-refractivity contribution in [3.8, 4) is 0 Å². The van der Waals surface area contributed by atoms with Gasteiger partial charge in [-0.15, -0.1) is 6.58 Å². The van der Waals surface area contributed by atoms with Crippen LogP contribution in [0.15, 0.2) is 24.8 Å². The van der Waals surface area contributed by atoms with Crippen molar-refractivity contribution >= 4 is 8.32 Å². The topological polar surface area (TPSA) is 29.5 Å². The van der Waals surface area contributed by atoms with E-state index in [0.29, 0.717) is 23.7 Å². The lowest BCUT2D eigenvalue weighted by Gasteiger charge is -2.38. The number of rotatable bonds is 6.